The summed E-state index contributed by atoms with van der Waals surface area (Å²) in [7, 11) is -1.62. The van der Waals surface area contributed by atoms with E-state index in [1.54, 1.807) is 0 Å². The Morgan fingerprint density at radius 1 is 1.00 bits per heavy atom. The van der Waals surface area contributed by atoms with E-state index in [1.165, 1.54) is 22.1 Å². The van der Waals surface area contributed by atoms with Crippen LogP contribution >= 0.6 is 0 Å². The fourth-order valence-electron chi connectivity index (χ4n) is 4.35. The average molecular weight is 475 g/mol. The number of likely N-dealkylation sites (N-methyl/N-ethyl adjacent to an activating group) is 1. The number of rotatable bonds is 6. The summed E-state index contributed by atoms with van der Waals surface area (Å²) in [6.07, 6.45) is 1.25. The van der Waals surface area contributed by atoms with Crippen LogP contribution in [0.25, 0.3) is 0 Å². The van der Waals surface area contributed by atoms with Crippen molar-refractivity contribution in [3.8, 4) is 0 Å². The highest BCUT2D eigenvalue weighted by Crippen LogP contribution is 2.24. The highest BCUT2D eigenvalue weighted by atomic mass is 32.2. The van der Waals surface area contributed by atoms with Crippen LogP contribution in [0.3, 0.4) is 0 Å². The predicted molar refractivity (Wildman–Crippen MR) is 126 cm³/mol. The quantitative estimate of drug-likeness (QED) is 0.696. The van der Waals surface area contributed by atoms with Crippen LogP contribution in [0.15, 0.2) is 53.4 Å². The monoisotopic (exact) mass is 474 g/mol. The Bertz CT molecular complexity index is 1050. The Morgan fingerprint density at radius 2 is 1.67 bits per heavy atom. The van der Waals surface area contributed by atoms with E-state index in [-0.39, 0.29) is 17.3 Å². The highest BCUT2D eigenvalue weighted by molar-refractivity contribution is 7.89. The Labute approximate surface area is 195 Å². The van der Waals surface area contributed by atoms with E-state index >= 15 is 0 Å². The molecule has 0 radical (unpaired) electrons. The molecule has 2 aliphatic heterocycles. The van der Waals surface area contributed by atoms with Gasteiger partial charge < -0.3 is 15.1 Å². The third kappa shape index (κ3) is 5.72. The van der Waals surface area contributed by atoms with Gasteiger partial charge in [0.05, 0.1) is 10.8 Å². The molecule has 1 atom stereocenters. The van der Waals surface area contributed by atoms with Crippen molar-refractivity contribution < 1.29 is 17.6 Å². The van der Waals surface area contributed by atoms with Gasteiger partial charge in [-0.05, 0) is 61.9 Å². The van der Waals surface area contributed by atoms with Crippen LogP contribution in [-0.4, -0.2) is 69.8 Å². The minimum absolute atomic E-state index is 0.0467. The topological polar surface area (TPSA) is 73.0 Å². The SMILES string of the molecule is CN1CCN(c2ccc(CNC(=O)[C@H]3CCCN(S(=O)(=O)c4ccc(F)cc4)C3)cc2)CC1. The zero-order valence-electron chi connectivity index (χ0n) is 18.9. The van der Waals surface area contributed by atoms with E-state index in [1.807, 2.05) is 12.1 Å². The smallest absolute Gasteiger partial charge is 0.243 e. The van der Waals surface area contributed by atoms with Crippen LogP contribution in [0.5, 0.6) is 0 Å². The second kappa shape index (κ2) is 10.2. The van der Waals surface area contributed by atoms with Crippen LogP contribution in [0.2, 0.25) is 0 Å². The third-order valence-corrected chi connectivity index (χ3v) is 8.36. The van der Waals surface area contributed by atoms with Crippen LogP contribution in [0.1, 0.15) is 18.4 Å². The van der Waals surface area contributed by atoms with Crippen molar-refractivity contribution in [1.29, 1.82) is 0 Å². The molecule has 0 saturated carbocycles. The van der Waals surface area contributed by atoms with Gasteiger partial charge in [-0.2, -0.15) is 4.31 Å². The van der Waals surface area contributed by atoms with Crippen LogP contribution < -0.4 is 10.2 Å². The average Bonchev–Trinajstić information content (AvgIpc) is 2.84. The summed E-state index contributed by atoms with van der Waals surface area (Å²) in [5, 5.41) is 2.96. The molecule has 2 fully saturated rings. The van der Waals surface area contributed by atoms with Crippen molar-refractivity contribution in [2.75, 3.05) is 51.2 Å². The molecule has 0 unspecified atom stereocenters. The lowest BCUT2D eigenvalue weighted by Crippen LogP contribution is -2.45. The van der Waals surface area contributed by atoms with E-state index in [0.717, 1.165) is 43.9 Å². The first-order valence-electron chi connectivity index (χ1n) is 11.4. The minimum atomic E-state index is -3.75. The summed E-state index contributed by atoms with van der Waals surface area (Å²) in [6.45, 7) is 5.01. The number of sulfonamides is 1. The molecule has 0 bridgehead atoms. The molecule has 4 rings (SSSR count). The van der Waals surface area contributed by atoms with Gasteiger partial charge in [0.15, 0.2) is 0 Å². The zero-order chi connectivity index (χ0) is 23.4. The van der Waals surface area contributed by atoms with Gasteiger partial charge in [-0.25, -0.2) is 12.8 Å². The summed E-state index contributed by atoms with van der Waals surface area (Å²) < 4.78 is 40.3. The highest BCUT2D eigenvalue weighted by Gasteiger charge is 2.33. The first kappa shape index (κ1) is 23.7. The summed E-state index contributed by atoms with van der Waals surface area (Å²) in [4.78, 5) is 17.5. The number of carbonyl (C=O) groups excluding carboxylic acids is 1. The van der Waals surface area contributed by atoms with Gasteiger partial charge in [0.2, 0.25) is 15.9 Å². The number of hydrogen-bond donors (Lipinski definition) is 1. The number of carbonyl (C=O) groups is 1. The molecule has 2 saturated heterocycles. The standard InChI is InChI=1S/C24H31FN4O3S/c1-27-13-15-28(16-14-27)22-8-4-19(5-9-22)17-26-24(30)20-3-2-12-29(18-20)33(31,32)23-10-6-21(25)7-11-23/h4-11,20H,2-3,12-18H2,1H3,(H,26,30)/t20-/m0/s1. The predicted octanol–water partition coefficient (Wildman–Crippen LogP) is 2.29. The van der Waals surface area contributed by atoms with Crippen molar-refractivity contribution in [3.05, 3.63) is 59.9 Å². The van der Waals surface area contributed by atoms with Crippen molar-refractivity contribution in [2.24, 2.45) is 5.92 Å². The minimum Gasteiger partial charge on any atom is -0.369 e. The fourth-order valence-corrected chi connectivity index (χ4v) is 5.88. The number of anilines is 1. The fraction of sp³-hybridized carbons (Fsp3) is 0.458. The maximum atomic E-state index is 13.2. The summed E-state index contributed by atoms with van der Waals surface area (Å²) in [6, 6.07) is 13.0. The van der Waals surface area contributed by atoms with Gasteiger partial charge in [0.25, 0.3) is 0 Å². The number of hydrogen-bond acceptors (Lipinski definition) is 5. The van der Waals surface area contributed by atoms with E-state index < -0.39 is 21.8 Å². The van der Waals surface area contributed by atoms with E-state index in [0.29, 0.717) is 25.9 Å². The lowest BCUT2D eigenvalue weighted by molar-refractivity contribution is -0.126. The molecule has 1 N–H and O–H groups in total. The largest absolute Gasteiger partial charge is 0.369 e. The molecule has 2 aliphatic rings. The molecule has 1 amide bonds. The summed E-state index contributed by atoms with van der Waals surface area (Å²) in [5.74, 6) is -1.03. The number of nitrogens with zero attached hydrogens (tertiary/aromatic N) is 3. The van der Waals surface area contributed by atoms with E-state index in [2.05, 4.69) is 34.3 Å². The molecular formula is C24H31FN4O3S. The first-order chi connectivity index (χ1) is 15.8. The lowest BCUT2D eigenvalue weighted by atomic mass is 9.98. The summed E-state index contributed by atoms with van der Waals surface area (Å²) >= 11 is 0. The van der Waals surface area contributed by atoms with Gasteiger partial charge in [0.1, 0.15) is 5.82 Å². The number of piperazine rings is 1. The number of amides is 1. The normalized spacial score (nSPS) is 20.5. The Morgan fingerprint density at radius 3 is 2.33 bits per heavy atom. The molecule has 7 nitrogen and oxygen atoms in total. The van der Waals surface area contributed by atoms with Gasteiger partial charge >= 0.3 is 0 Å². The van der Waals surface area contributed by atoms with Crippen LogP contribution in [-0.2, 0) is 21.4 Å². The summed E-state index contributed by atoms with van der Waals surface area (Å²) in [5.41, 5.74) is 2.19. The molecule has 178 valence electrons. The van der Waals surface area contributed by atoms with Crippen LogP contribution in [0, 0.1) is 11.7 Å². The Kier molecular flexibility index (Phi) is 7.31. The maximum Gasteiger partial charge on any atom is 0.243 e. The van der Waals surface area contributed by atoms with Gasteiger partial charge in [-0.15, -0.1) is 0 Å². The van der Waals surface area contributed by atoms with Crippen molar-refractivity contribution in [1.82, 2.24) is 14.5 Å². The first-order valence-corrected chi connectivity index (χ1v) is 12.8. The van der Waals surface area contributed by atoms with Gasteiger partial charge in [-0.3, -0.25) is 4.79 Å². The third-order valence-electron chi connectivity index (χ3n) is 6.48. The number of nitrogens with one attached hydrogen (secondary N) is 1. The number of benzene rings is 2. The second-order valence-electron chi connectivity index (χ2n) is 8.83. The van der Waals surface area contributed by atoms with E-state index in [4.69, 9.17) is 0 Å². The number of piperidine rings is 1. The molecule has 9 heteroatoms. The van der Waals surface area contributed by atoms with Crippen LogP contribution in [0.4, 0.5) is 10.1 Å². The van der Waals surface area contributed by atoms with Gasteiger partial charge in [-0.1, -0.05) is 12.1 Å². The van der Waals surface area contributed by atoms with Crippen molar-refractivity contribution in [3.63, 3.8) is 0 Å². The molecular weight excluding hydrogens is 443 g/mol. The second-order valence-corrected chi connectivity index (χ2v) is 10.8. The molecule has 0 spiro atoms. The van der Waals surface area contributed by atoms with E-state index in [9.17, 15) is 17.6 Å². The molecule has 2 heterocycles. The van der Waals surface area contributed by atoms with Crippen molar-refractivity contribution >= 4 is 21.6 Å². The lowest BCUT2D eigenvalue weighted by Gasteiger charge is -2.34. The molecule has 0 aliphatic carbocycles. The zero-order valence-corrected chi connectivity index (χ0v) is 19.7. The van der Waals surface area contributed by atoms with Gasteiger partial charge in [0, 0.05) is 51.5 Å². The molecule has 33 heavy (non-hydrogen) atoms. The van der Waals surface area contributed by atoms with Crippen molar-refractivity contribution in [2.45, 2.75) is 24.3 Å². The Balaban J connectivity index is 1.31. The number of halogens is 1. The molecule has 2 aromatic carbocycles. The molecule has 2 aromatic rings. The Hall–Kier alpha value is -2.49. The maximum absolute atomic E-state index is 13.2. The molecule has 0 aromatic heterocycles.